The monoisotopic (exact) mass is 355 g/mol. The molecule has 126 valence electrons. The number of methoxy groups -OCH3 is 2. The van der Waals surface area contributed by atoms with Gasteiger partial charge in [0.25, 0.3) is 0 Å². The molecule has 1 heterocycles. The second-order valence-electron chi connectivity index (χ2n) is 4.93. The van der Waals surface area contributed by atoms with Gasteiger partial charge in [0.1, 0.15) is 5.01 Å². The molecule has 0 unspecified atom stereocenters. The van der Waals surface area contributed by atoms with Gasteiger partial charge in [0.2, 0.25) is 5.75 Å². The number of ether oxygens (including phenoxy) is 2. The Morgan fingerprint density at radius 2 is 1.67 bits per heavy atom. The van der Waals surface area contributed by atoms with E-state index in [4.69, 9.17) is 9.47 Å². The van der Waals surface area contributed by atoms with Crippen molar-refractivity contribution >= 4 is 21.6 Å². The van der Waals surface area contributed by atoms with E-state index in [2.05, 4.69) is 4.98 Å². The largest absolute Gasteiger partial charge is 0.502 e. The molecule has 0 aliphatic carbocycles. The number of aromatic hydroxyl groups is 1. The van der Waals surface area contributed by atoms with Gasteiger partial charge >= 0.3 is 6.18 Å². The van der Waals surface area contributed by atoms with E-state index in [-0.39, 0.29) is 22.8 Å². The van der Waals surface area contributed by atoms with E-state index >= 15 is 0 Å². The zero-order valence-corrected chi connectivity index (χ0v) is 13.5. The van der Waals surface area contributed by atoms with E-state index in [0.717, 1.165) is 12.1 Å². The summed E-state index contributed by atoms with van der Waals surface area (Å²) in [6.07, 6.45) is -4.41. The van der Waals surface area contributed by atoms with E-state index in [1.54, 1.807) is 12.1 Å². The predicted molar refractivity (Wildman–Crippen MR) is 84.8 cm³/mol. The second kappa shape index (κ2) is 5.86. The number of halogens is 3. The fourth-order valence-corrected chi connectivity index (χ4v) is 3.18. The Morgan fingerprint density at radius 3 is 2.21 bits per heavy atom. The van der Waals surface area contributed by atoms with Crippen LogP contribution in [-0.2, 0) is 6.18 Å². The first kappa shape index (κ1) is 16.4. The highest BCUT2D eigenvalue weighted by molar-refractivity contribution is 7.21. The number of hydrogen-bond acceptors (Lipinski definition) is 5. The second-order valence-corrected chi connectivity index (χ2v) is 5.96. The average Bonchev–Trinajstić information content (AvgIpc) is 2.97. The Kier molecular flexibility index (Phi) is 4.00. The van der Waals surface area contributed by atoms with Gasteiger partial charge in [-0.3, -0.25) is 0 Å². The summed E-state index contributed by atoms with van der Waals surface area (Å²) < 4.78 is 49.2. The van der Waals surface area contributed by atoms with E-state index in [0.29, 0.717) is 15.3 Å². The molecule has 3 rings (SSSR count). The molecule has 0 spiro atoms. The lowest BCUT2D eigenvalue weighted by Gasteiger charge is -2.09. The lowest BCUT2D eigenvalue weighted by Crippen LogP contribution is -2.03. The van der Waals surface area contributed by atoms with E-state index < -0.39 is 11.7 Å². The molecule has 0 saturated carbocycles. The van der Waals surface area contributed by atoms with Crippen LogP contribution in [0.4, 0.5) is 13.2 Å². The number of thiazole rings is 1. The first-order valence-corrected chi connectivity index (χ1v) is 7.58. The van der Waals surface area contributed by atoms with Gasteiger partial charge in [0.05, 0.1) is 30.0 Å². The zero-order chi connectivity index (χ0) is 17.5. The molecular weight excluding hydrogens is 343 g/mol. The molecule has 1 N–H and O–H groups in total. The Hall–Kier alpha value is -2.48. The number of hydrogen-bond donors (Lipinski definition) is 1. The third-order valence-corrected chi connectivity index (χ3v) is 4.53. The van der Waals surface area contributed by atoms with Crippen LogP contribution < -0.4 is 9.47 Å². The normalized spacial score (nSPS) is 11.7. The highest BCUT2D eigenvalue weighted by Gasteiger charge is 2.30. The Labute approximate surface area is 139 Å². The number of phenols is 1. The van der Waals surface area contributed by atoms with E-state index in [1.165, 1.54) is 31.6 Å². The van der Waals surface area contributed by atoms with Crippen molar-refractivity contribution in [2.24, 2.45) is 0 Å². The van der Waals surface area contributed by atoms with E-state index in [9.17, 15) is 18.3 Å². The summed E-state index contributed by atoms with van der Waals surface area (Å²) in [7, 11) is 2.79. The van der Waals surface area contributed by atoms with Crippen LogP contribution in [0.15, 0.2) is 30.3 Å². The smallest absolute Gasteiger partial charge is 0.416 e. The van der Waals surface area contributed by atoms with Gasteiger partial charge in [-0.2, -0.15) is 13.2 Å². The summed E-state index contributed by atoms with van der Waals surface area (Å²) in [6, 6.07) is 6.56. The number of phenolic OH excluding ortho intramolecular Hbond substituents is 1. The maximum Gasteiger partial charge on any atom is 0.416 e. The number of benzene rings is 2. The Morgan fingerprint density at radius 1 is 1.04 bits per heavy atom. The van der Waals surface area contributed by atoms with Gasteiger partial charge in [-0.05, 0) is 30.3 Å². The summed E-state index contributed by atoms with van der Waals surface area (Å²) in [5, 5.41) is 10.4. The molecule has 0 radical (unpaired) electrons. The minimum absolute atomic E-state index is 0.149. The predicted octanol–water partition coefficient (Wildman–Crippen LogP) is 4.70. The zero-order valence-electron chi connectivity index (χ0n) is 12.6. The van der Waals surface area contributed by atoms with Crippen LogP contribution in [0.1, 0.15) is 5.56 Å². The molecule has 0 atom stereocenters. The van der Waals surface area contributed by atoms with Crippen molar-refractivity contribution in [2.75, 3.05) is 14.2 Å². The van der Waals surface area contributed by atoms with Crippen LogP contribution in [-0.4, -0.2) is 24.3 Å². The summed E-state index contributed by atoms with van der Waals surface area (Å²) >= 11 is 1.24. The maximum atomic E-state index is 12.8. The highest BCUT2D eigenvalue weighted by atomic mass is 32.1. The molecule has 0 fully saturated rings. The molecule has 0 amide bonds. The lowest BCUT2D eigenvalue weighted by molar-refractivity contribution is -0.137. The lowest BCUT2D eigenvalue weighted by atomic mass is 10.2. The van der Waals surface area contributed by atoms with Crippen molar-refractivity contribution in [3.05, 3.63) is 35.9 Å². The molecule has 0 aliphatic heterocycles. The highest BCUT2D eigenvalue weighted by Crippen LogP contribution is 2.42. The SMILES string of the molecule is COc1cc(-c2nc3cc(C(F)(F)F)ccc3s2)cc(OC)c1O. The minimum atomic E-state index is -4.41. The van der Waals surface area contributed by atoms with Gasteiger partial charge < -0.3 is 14.6 Å². The Bertz CT molecular complexity index is 880. The van der Waals surface area contributed by atoms with Crippen molar-refractivity contribution in [1.29, 1.82) is 0 Å². The van der Waals surface area contributed by atoms with Gasteiger partial charge in [-0.15, -0.1) is 11.3 Å². The van der Waals surface area contributed by atoms with Gasteiger partial charge in [0.15, 0.2) is 11.5 Å². The van der Waals surface area contributed by atoms with Crippen molar-refractivity contribution in [2.45, 2.75) is 6.18 Å². The van der Waals surface area contributed by atoms with Crippen molar-refractivity contribution in [3.63, 3.8) is 0 Å². The molecule has 0 bridgehead atoms. The summed E-state index contributed by atoms with van der Waals surface area (Å²) in [5.74, 6) is 0.239. The van der Waals surface area contributed by atoms with Gasteiger partial charge in [-0.1, -0.05) is 0 Å². The van der Waals surface area contributed by atoms with Crippen LogP contribution >= 0.6 is 11.3 Å². The number of aromatic nitrogens is 1. The van der Waals surface area contributed by atoms with Crippen LogP contribution in [0, 0.1) is 0 Å². The van der Waals surface area contributed by atoms with Crippen LogP contribution in [0.5, 0.6) is 17.2 Å². The summed E-state index contributed by atoms with van der Waals surface area (Å²) in [4.78, 5) is 4.26. The molecule has 0 aliphatic rings. The molecule has 3 aromatic rings. The Balaban J connectivity index is 2.13. The van der Waals surface area contributed by atoms with E-state index in [1.807, 2.05) is 0 Å². The first-order valence-electron chi connectivity index (χ1n) is 6.76. The summed E-state index contributed by atoms with van der Waals surface area (Å²) in [5.41, 5.74) is 0.0970. The number of rotatable bonds is 3. The summed E-state index contributed by atoms with van der Waals surface area (Å²) in [6.45, 7) is 0. The van der Waals surface area contributed by atoms with Crippen LogP contribution in [0.25, 0.3) is 20.8 Å². The minimum Gasteiger partial charge on any atom is -0.502 e. The topological polar surface area (TPSA) is 51.6 Å². The fraction of sp³-hybridized carbons (Fsp3) is 0.188. The molecule has 4 nitrogen and oxygen atoms in total. The number of nitrogens with zero attached hydrogens (tertiary/aromatic N) is 1. The average molecular weight is 355 g/mol. The van der Waals surface area contributed by atoms with Crippen molar-refractivity contribution in [1.82, 2.24) is 4.98 Å². The molecule has 0 saturated heterocycles. The molecule has 1 aromatic heterocycles. The third-order valence-electron chi connectivity index (χ3n) is 3.44. The van der Waals surface area contributed by atoms with Crippen LogP contribution in [0.2, 0.25) is 0 Å². The molecular formula is C16H12F3NO3S. The first-order chi connectivity index (χ1) is 11.3. The van der Waals surface area contributed by atoms with Crippen molar-refractivity contribution < 1.29 is 27.8 Å². The number of fused-ring (bicyclic) bond motifs is 1. The van der Waals surface area contributed by atoms with Crippen LogP contribution in [0.3, 0.4) is 0 Å². The molecule has 8 heteroatoms. The number of alkyl halides is 3. The molecule has 2 aromatic carbocycles. The quantitative estimate of drug-likeness (QED) is 0.740. The van der Waals surface area contributed by atoms with Gasteiger partial charge in [-0.25, -0.2) is 4.98 Å². The third kappa shape index (κ3) is 2.84. The van der Waals surface area contributed by atoms with Gasteiger partial charge in [0, 0.05) is 5.56 Å². The standard InChI is InChI=1S/C16H12F3NO3S/c1-22-11-5-8(6-12(23-2)14(11)21)15-20-10-7-9(16(17,18)19)3-4-13(10)24-15/h3-7,21H,1-2H3. The van der Waals surface area contributed by atoms with Crippen molar-refractivity contribution in [3.8, 4) is 27.8 Å². The maximum absolute atomic E-state index is 12.8. The molecule has 24 heavy (non-hydrogen) atoms. The fourth-order valence-electron chi connectivity index (χ4n) is 2.24.